The second-order valence-corrected chi connectivity index (χ2v) is 10.8. The number of carbonyl (C=O) groups excluding carboxylic acids is 1. The van der Waals surface area contributed by atoms with Crippen molar-refractivity contribution in [2.75, 3.05) is 38.2 Å². The van der Waals surface area contributed by atoms with Crippen LogP contribution in [-0.2, 0) is 12.8 Å². The fraction of sp³-hybridized carbons (Fsp3) is 0.500. The van der Waals surface area contributed by atoms with Crippen molar-refractivity contribution in [3.63, 3.8) is 0 Å². The van der Waals surface area contributed by atoms with E-state index < -0.39 is 0 Å². The van der Waals surface area contributed by atoms with Gasteiger partial charge in [0.25, 0.3) is 5.91 Å². The standard InChI is InChI=1S/C26H30N4O2S/c1-16-7-10-19-21(15-16)33-25-22(19)24(27-23(28-25)17-8-9-17)29-11-13-30(14-12-29)26(31)18-5-3-4-6-20(18)32-2/h3-6,16-17H,7-15H2,1-2H3/t16-/m1/s1. The summed E-state index contributed by atoms with van der Waals surface area (Å²) in [6, 6.07) is 7.49. The van der Waals surface area contributed by atoms with E-state index in [4.69, 9.17) is 14.7 Å². The van der Waals surface area contributed by atoms with Crippen molar-refractivity contribution in [2.45, 2.75) is 44.9 Å². The van der Waals surface area contributed by atoms with Crippen molar-refractivity contribution < 1.29 is 9.53 Å². The quantitative estimate of drug-likeness (QED) is 0.564. The first-order valence-electron chi connectivity index (χ1n) is 12.1. The molecular formula is C26H30N4O2S. The lowest BCUT2D eigenvalue weighted by Crippen LogP contribution is -2.49. The molecule has 1 saturated heterocycles. The first-order chi connectivity index (χ1) is 16.1. The number of para-hydroxylation sites is 1. The number of carbonyl (C=O) groups is 1. The van der Waals surface area contributed by atoms with Gasteiger partial charge in [-0.25, -0.2) is 9.97 Å². The first kappa shape index (κ1) is 20.9. The van der Waals surface area contributed by atoms with Crippen molar-refractivity contribution in [3.05, 3.63) is 46.1 Å². The zero-order valence-electron chi connectivity index (χ0n) is 19.3. The van der Waals surface area contributed by atoms with Crippen molar-refractivity contribution in [3.8, 4) is 5.75 Å². The van der Waals surface area contributed by atoms with E-state index >= 15 is 0 Å². The lowest BCUT2D eigenvalue weighted by atomic mass is 9.89. The van der Waals surface area contributed by atoms with Gasteiger partial charge in [0.15, 0.2) is 0 Å². The van der Waals surface area contributed by atoms with Crippen LogP contribution in [0.15, 0.2) is 24.3 Å². The first-order valence-corrected chi connectivity index (χ1v) is 12.9. The summed E-state index contributed by atoms with van der Waals surface area (Å²) in [5.74, 6) is 4.08. The normalized spacial score (nSPS) is 20.7. The van der Waals surface area contributed by atoms with Crippen LogP contribution in [0.25, 0.3) is 10.2 Å². The van der Waals surface area contributed by atoms with Crippen molar-refractivity contribution in [1.82, 2.24) is 14.9 Å². The number of benzene rings is 1. The van der Waals surface area contributed by atoms with E-state index in [1.165, 1.54) is 39.9 Å². The predicted octanol–water partition coefficient (Wildman–Crippen LogP) is 4.66. The maximum absolute atomic E-state index is 13.2. The number of ether oxygens (including phenoxy) is 1. The third-order valence-corrected chi connectivity index (χ3v) is 8.45. The Morgan fingerprint density at radius 1 is 1.09 bits per heavy atom. The van der Waals surface area contributed by atoms with E-state index in [1.807, 2.05) is 40.5 Å². The zero-order valence-corrected chi connectivity index (χ0v) is 20.2. The van der Waals surface area contributed by atoms with Crippen molar-refractivity contribution in [1.29, 1.82) is 0 Å². The molecular weight excluding hydrogens is 432 g/mol. The van der Waals surface area contributed by atoms with E-state index in [0.29, 0.717) is 30.3 Å². The Morgan fingerprint density at radius 3 is 2.64 bits per heavy atom. The minimum absolute atomic E-state index is 0.0421. The molecule has 1 atom stereocenters. The van der Waals surface area contributed by atoms with Gasteiger partial charge in [-0.3, -0.25) is 4.79 Å². The number of rotatable bonds is 4. The molecule has 3 aliphatic rings. The highest BCUT2D eigenvalue weighted by atomic mass is 32.1. The lowest BCUT2D eigenvalue weighted by molar-refractivity contribution is 0.0743. The van der Waals surface area contributed by atoms with E-state index in [1.54, 1.807) is 7.11 Å². The van der Waals surface area contributed by atoms with Crippen LogP contribution in [0.3, 0.4) is 0 Å². The van der Waals surface area contributed by atoms with E-state index in [9.17, 15) is 4.79 Å². The average molecular weight is 463 g/mol. The number of fused-ring (bicyclic) bond motifs is 3. The summed E-state index contributed by atoms with van der Waals surface area (Å²) in [7, 11) is 1.62. The molecule has 2 aliphatic carbocycles. The van der Waals surface area contributed by atoms with Crippen LogP contribution in [-0.4, -0.2) is 54.1 Å². The van der Waals surface area contributed by atoms with Gasteiger partial charge in [-0.2, -0.15) is 0 Å². The molecule has 0 radical (unpaired) electrons. The van der Waals surface area contributed by atoms with Crippen LogP contribution in [0.5, 0.6) is 5.75 Å². The lowest BCUT2D eigenvalue weighted by Gasteiger charge is -2.36. The number of aromatic nitrogens is 2. The molecule has 6 rings (SSSR count). The Bertz CT molecular complexity index is 1210. The van der Waals surface area contributed by atoms with Gasteiger partial charge in [0.2, 0.25) is 0 Å². The number of aryl methyl sites for hydroxylation is 1. The van der Waals surface area contributed by atoms with Gasteiger partial charge >= 0.3 is 0 Å². The van der Waals surface area contributed by atoms with E-state index in [2.05, 4.69) is 11.8 Å². The molecule has 1 saturated carbocycles. The minimum Gasteiger partial charge on any atom is -0.496 e. The van der Waals surface area contributed by atoms with Gasteiger partial charge in [-0.1, -0.05) is 19.1 Å². The smallest absolute Gasteiger partial charge is 0.257 e. The summed E-state index contributed by atoms with van der Waals surface area (Å²) in [6.07, 6.45) is 5.93. The predicted molar refractivity (Wildman–Crippen MR) is 132 cm³/mol. The molecule has 1 amide bonds. The second kappa shape index (κ2) is 8.28. The summed E-state index contributed by atoms with van der Waals surface area (Å²) < 4.78 is 5.42. The van der Waals surface area contributed by atoms with Gasteiger partial charge in [0.1, 0.15) is 22.2 Å². The molecule has 6 nitrogen and oxygen atoms in total. The molecule has 3 heterocycles. The number of piperazine rings is 1. The second-order valence-electron chi connectivity index (χ2n) is 9.69. The Kier molecular flexibility index (Phi) is 5.24. The summed E-state index contributed by atoms with van der Waals surface area (Å²) in [6.45, 7) is 5.30. The molecule has 1 aromatic carbocycles. The molecule has 2 fully saturated rings. The molecule has 33 heavy (non-hydrogen) atoms. The van der Waals surface area contributed by atoms with Crippen LogP contribution in [0.2, 0.25) is 0 Å². The van der Waals surface area contributed by atoms with Crippen molar-refractivity contribution in [2.24, 2.45) is 5.92 Å². The number of thiophene rings is 1. The molecule has 172 valence electrons. The van der Waals surface area contributed by atoms with Crippen LogP contribution >= 0.6 is 11.3 Å². The fourth-order valence-corrected chi connectivity index (χ4v) is 6.59. The minimum atomic E-state index is 0.0421. The molecule has 3 aromatic rings. The van der Waals surface area contributed by atoms with Gasteiger partial charge in [-0.15, -0.1) is 11.3 Å². The maximum Gasteiger partial charge on any atom is 0.257 e. The van der Waals surface area contributed by atoms with Gasteiger partial charge in [-0.05, 0) is 55.7 Å². The van der Waals surface area contributed by atoms with Gasteiger partial charge < -0.3 is 14.5 Å². The van der Waals surface area contributed by atoms with Crippen LogP contribution in [0.4, 0.5) is 5.82 Å². The molecule has 1 aliphatic heterocycles. The van der Waals surface area contributed by atoms with Crippen LogP contribution in [0.1, 0.15) is 58.7 Å². The highest BCUT2D eigenvalue weighted by Crippen LogP contribution is 2.44. The van der Waals surface area contributed by atoms with E-state index in [0.717, 1.165) is 43.5 Å². The number of anilines is 1. The van der Waals surface area contributed by atoms with Crippen LogP contribution in [0, 0.1) is 5.92 Å². The topological polar surface area (TPSA) is 58.6 Å². The highest BCUT2D eigenvalue weighted by molar-refractivity contribution is 7.19. The summed E-state index contributed by atoms with van der Waals surface area (Å²) in [5, 5.41) is 1.29. The molecule has 0 unspecified atom stereocenters. The SMILES string of the molecule is COc1ccccc1C(=O)N1CCN(c2nc(C3CC3)nc3sc4c(c23)CC[C@@H](C)C4)CC1. The Hall–Kier alpha value is -2.67. The van der Waals surface area contributed by atoms with Gasteiger partial charge in [0.05, 0.1) is 18.1 Å². The Balaban J connectivity index is 1.29. The Labute approximate surface area is 198 Å². The molecule has 0 spiro atoms. The summed E-state index contributed by atoms with van der Waals surface area (Å²) >= 11 is 1.89. The maximum atomic E-state index is 13.2. The van der Waals surface area contributed by atoms with Gasteiger partial charge in [0, 0.05) is 37.0 Å². The zero-order chi connectivity index (χ0) is 22.5. The molecule has 0 N–H and O–H groups in total. The largest absolute Gasteiger partial charge is 0.496 e. The number of hydrogen-bond donors (Lipinski definition) is 0. The fourth-order valence-electron chi connectivity index (χ4n) is 5.21. The Morgan fingerprint density at radius 2 is 1.88 bits per heavy atom. The average Bonchev–Trinajstić information content (AvgIpc) is 3.64. The monoisotopic (exact) mass is 462 g/mol. The summed E-state index contributed by atoms with van der Waals surface area (Å²) in [5.41, 5.74) is 2.12. The number of amides is 1. The number of hydrogen-bond acceptors (Lipinski definition) is 6. The number of nitrogens with zero attached hydrogens (tertiary/aromatic N) is 4. The summed E-state index contributed by atoms with van der Waals surface area (Å²) in [4.78, 5) is 30.4. The third-order valence-electron chi connectivity index (χ3n) is 7.30. The third kappa shape index (κ3) is 3.76. The number of methoxy groups -OCH3 is 1. The van der Waals surface area contributed by atoms with Crippen molar-refractivity contribution >= 4 is 33.3 Å². The van der Waals surface area contributed by atoms with E-state index in [-0.39, 0.29) is 5.91 Å². The molecule has 7 heteroatoms. The molecule has 0 bridgehead atoms. The highest BCUT2D eigenvalue weighted by Gasteiger charge is 2.33. The van der Waals surface area contributed by atoms with Crippen LogP contribution < -0.4 is 9.64 Å². The molecule has 2 aromatic heterocycles.